The third-order valence-electron chi connectivity index (χ3n) is 3.22. The summed E-state index contributed by atoms with van der Waals surface area (Å²) in [5.74, 6) is -1.11. The van der Waals surface area contributed by atoms with Crippen LogP contribution in [0.25, 0.3) is 0 Å². The summed E-state index contributed by atoms with van der Waals surface area (Å²) in [5, 5.41) is 14.3. The molecule has 6 nitrogen and oxygen atoms in total. The predicted molar refractivity (Wildman–Crippen MR) is 74.4 cm³/mol. The average Bonchev–Trinajstić information content (AvgIpc) is 2.32. The molecule has 1 aliphatic carbocycles. The van der Waals surface area contributed by atoms with Crippen LogP contribution in [0.3, 0.4) is 0 Å². The van der Waals surface area contributed by atoms with E-state index in [4.69, 9.17) is 21.4 Å². The van der Waals surface area contributed by atoms with E-state index >= 15 is 0 Å². The Kier molecular flexibility index (Phi) is 4.46. The fourth-order valence-corrected chi connectivity index (χ4v) is 2.26. The molecule has 0 aliphatic heterocycles. The fourth-order valence-electron chi connectivity index (χ4n) is 1.99. The van der Waals surface area contributed by atoms with E-state index in [2.05, 4.69) is 10.6 Å². The summed E-state index contributed by atoms with van der Waals surface area (Å²) in [5.41, 5.74) is 0.444. The van der Waals surface area contributed by atoms with Crippen molar-refractivity contribution in [2.45, 2.75) is 25.0 Å². The lowest BCUT2D eigenvalue weighted by molar-refractivity contribution is 0.0210. The van der Waals surface area contributed by atoms with Crippen LogP contribution in [0.2, 0.25) is 5.02 Å². The number of hydrogen-bond acceptors (Lipinski definition) is 3. The summed E-state index contributed by atoms with van der Waals surface area (Å²) in [6, 6.07) is 4.01. The molecule has 0 saturated heterocycles. The third-order valence-corrected chi connectivity index (χ3v) is 3.53. The van der Waals surface area contributed by atoms with Gasteiger partial charge in [0.1, 0.15) is 0 Å². The molecule has 108 valence electrons. The van der Waals surface area contributed by atoms with Crippen molar-refractivity contribution in [2.75, 3.05) is 12.4 Å². The molecule has 2 rings (SSSR count). The zero-order valence-electron chi connectivity index (χ0n) is 10.9. The first-order chi connectivity index (χ1) is 9.49. The Labute approximate surface area is 121 Å². The lowest BCUT2D eigenvalue weighted by atomic mass is 9.89. The highest BCUT2D eigenvalue weighted by molar-refractivity contribution is 6.33. The number of nitrogens with one attached hydrogen (secondary N) is 2. The van der Waals surface area contributed by atoms with Gasteiger partial charge in [0.05, 0.1) is 16.7 Å². The Hall–Kier alpha value is -1.79. The zero-order chi connectivity index (χ0) is 14.7. The van der Waals surface area contributed by atoms with Gasteiger partial charge in [-0.3, -0.25) is 0 Å². The molecule has 0 bridgehead atoms. The highest BCUT2D eigenvalue weighted by Gasteiger charge is 2.30. The molecule has 1 aliphatic rings. The van der Waals surface area contributed by atoms with Crippen molar-refractivity contribution in [3.05, 3.63) is 28.8 Å². The number of aromatic carboxylic acids is 1. The minimum Gasteiger partial charge on any atom is -0.478 e. The van der Waals surface area contributed by atoms with E-state index in [1.807, 2.05) is 0 Å². The summed E-state index contributed by atoms with van der Waals surface area (Å²) in [4.78, 5) is 22.5. The van der Waals surface area contributed by atoms with Gasteiger partial charge in [-0.2, -0.15) is 0 Å². The number of carboxylic acids is 1. The number of carboxylic acid groups (broad SMARTS) is 1. The first kappa shape index (κ1) is 14.6. The van der Waals surface area contributed by atoms with Gasteiger partial charge in [-0.15, -0.1) is 0 Å². The Balaban J connectivity index is 1.88. The normalized spacial score (nSPS) is 20.9. The van der Waals surface area contributed by atoms with Gasteiger partial charge >= 0.3 is 12.0 Å². The van der Waals surface area contributed by atoms with Gasteiger partial charge in [-0.1, -0.05) is 11.6 Å². The second-order valence-electron chi connectivity index (χ2n) is 4.62. The van der Waals surface area contributed by atoms with Gasteiger partial charge in [-0.05, 0) is 31.0 Å². The van der Waals surface area contributed by atoms with Crippen LogP contribution in [-0.2, 0) is 4.74 Å². The number of methoxy groups -OCH3 is 1. The number of halogens is 1. The number of carbonyl (C=O) groups is 2. The molecule has 0 unspecified atom stereocenters. The van der Waals surface area contributed by atoms with Crippen molar-refractivity contribution in [1.82, 2.24) is 5.32 Å². The quantitative estimate of drug-likeness (QED) is 0.796. The van der Waals surface area contributed by atoms with Gasteiger partial charge in [0.25, 0.3) is 0 Å². The van der Waals surface area contributed by atoms with Crippen molar-refractivity contribution < 1.29 is 19.4 Å². The molecule has 1 aromatic rings. The SMILES string of the molecule is COC1CC(NC(=O)Nc2ccc(C(=O)O)c(Cl)c2)C1. The second-order valence-corrected chi connectivity index (χ2v) is 5.03. The van der Waals surface area contributed by atoms with E-state index in [-0.39, 0.29) is 28.8 Å². The lowest BCUT2D eigenvalue weighted by Crippen LogP contribution is -2.48. The van der Waals surface area contributed by atoms with Crippen LogP contribution in [0.5, 0.6) is 0 Å². The number of hydrogen-bond donors (Lipinski definition) is 3. The molecule has 0 heterocycles. The molecular formula is C13H15ClN2O4. The molecule has 1 fully saturated rings. The van der Waals surface area contributed by atoms with Gasteiger partial charge in [0, 0.05) is 18.8 Å². The Morgan fingerprint density at radius 2 is 2.10 bits per heavy atom. The number of ether oxygens (including phenoxy) is 1. The minimum atomic E-state index is -1.11. The van der Waals surface area contributed by atoms with E-state index in [1.165, 1.54) is 18.2 Å². The number of rotatable bonds is 4. The summed E-state index contributed by atoms with van der Waals surface area (Å²) in [6.45, 7) is 0. The molecule has 7 heteroatoms. The minimum absolute atomic E-state index is 0.000413. The van der Waals surface area contributed by atoms with Gasteiger partial charge in [-0.25, -0.2) is 9.59 Å². The molecule has 0 atom stereocenters. The van der Waals surface area contributed by atoms with Crippen LogP contribution >= 0.6 is 11.6 Å². The zero-order valence-corrected chi connectivity index (χ0v) is 11.6. The first-order valence-corrected chi connectivity index (χ1v) is 6.50. The van der Waals surface area contributed by atoms with E-state index in [1.54, 1.807) is 7.11 Å². The highest BCUT2D eigenvalue weighted by Crippen LogP contribution is 2.23. The van der Waals surface area contributed by atoms with Crippen LogP contribution in [0.4, 0.5) is 10.5 Å². The van der Waals surface area contributed by atoms with Crippen LogP contribution in [-0.4, -0.2) is 36.4 Å². The molecular weight excluding hydrogens is 284 g/mol. The van der Waals surface area contributed by atoms with Gasteiger partial charge < -0.3 is 20.5 Å². The summed E-state index contributed by atoms with van der Waals surface area (Å²) >= 11 is 5.82. The molecule has 1 saturated carbocycles. The van der Waals surface area contributed by atoms with E-state index in [9.17, 15) is 9.59 Å². The largest absolute Gasteiger partial charge is 0.478 e. The Bertz CT molecular complexity index is 529. The van der Waals surface area contributed by atoms with Gasteiger partial charge in [0.15, 0.2) is 0 Å². The first-order valence-electron chi connectivity index (χ1n) is 6.12. The number of urea groups is 1. The van der Waals surface area contributed by atoms with Crippen molar-refractivity contribution in [1.29, 1.82) is 0 Å². The van der Waals surface area contributed by atoms with Crippen LogP contribution < -0.4 is 10.6 Å². The second kappa shape index (κ2) is 6.11. The fraction of sp³-hybridized carbons (Fsp3) is 0.385. The topological polar surface area (TPSA) is 87.7 Å². The number of carbonyl (C=O) groups excluding carboxylic acids is 1. The molecule has 1 aromatic carbocycles. The summed E-state index contributed by atoms with van der Waals surface area (Å²) < 4.78 is 5.12. The summed E-state index contributed by atoms with van der Waals surface area (Å²) in [6.07, 6.45) is 1.80. The third kappa shape index (κ3) is 3.40. The van der Waals surface area contributed by atoms with Crippen molar-refractivity contribution in [3.63, 3.8) is 0 Å². The van der Waals surface area contributed by atoms with Gasteiger partial charge in [0.2, 0.25) is 0 Å². The maximum Gasteiger partial charge on any atom is 0.337 e. The lowest BCUT2D eigenvalue weighted by Gasteiger charge is -2.34. The average molecular weight is 299 g/mol. The molecule has 0 radical (unpaired) electrons. The van der Waals surface area contributed by atoms with E-state index in [0.29, 0.717) is 5.69 Å². The number of anilines is 1. The van der Waals surface area contributed by atoms with Crippen molar-refractivity contribution in [2.24, 2.45) is 0 Å². The maximum absolute atomic E-state index is 11.7. The predicted octanol–water partition coefficient (Wildman–Crippen LogP) is 2.34. The van der Waals surface area contributed by atoms with Crippen molar-refractivity contribution >= 4 is 29.3 Å². The van der Waals surface area contributed by atoms with E-state index < -0.39 is 5.97 Å². The highest BCUT2D eigenvalue weighted by atomic mass is 35.5. The number of amides is 2. The smallest absolute Gasteiger partial charge is 0.337 e. The molecule has 20 heavy (non-hydrogen) atoms. The van der Waals surface area contributed by atoms with Crippen LogP contribution in [0.1, 0.15) is 23.2 Å². The van der Waals surface area contributed by atoms with E-state index in [0.717, 1.165) is 12.8 Å². The maximum atomic E-state index is 11.7. The molecule has 2 amide bonds. The molecule has 3 N–H and O–H groups in total. The Morgan fingerprint density at radius 1 is 1.40 bits per heavy atom. The Morgan fingerprint density at radius 3 is 2.65 bits per heavy atom. The monoisotopic (exact) mass is 298 g/mol. The van der Waals surface area contributed by atoms with Crippen molar-refractivity contribution in [3.8, 4) is 0 Å². The standard InChI is InChI=1S/C13H15ClN2O4/c1-20-9-4-8(5-9)16-13(19)15-7-2-3-10(12(17)18)11(14)6-7/h2-3,6,8-9H,4-5H2,1H3,(H,17,18)(H2,15,16,19). The van der Waals surface area contributed by atoms with Crippen LogP contribution in [0, 0.1) is 0 Å². The molecule has 0 aromatic heterocycles. The number of benzene rings is 1. The molecule has 0 spiro atoms. The van der Waals surface area contributed by atoms with Crippen LogP contribution in [0.15, 0.2) is 18.2 Å². The summed E-state index contributed by atoms with van der Waals surface area (Å²) in [7, 11) is 1.65.